The summed E-state index contributed by atoms with van der Waals surface area (Å²) in [7, 11) is 0. The highest BCUT2D eigenvalue weighted by Crippen LogP contribution is 2.09. The van der Waals surface area contributed by atoms with E-state index in [0.717, 1.165) is 11.1 Å². The summed E-state index contributed by atoms with van der Waals surface area (Å²) in [4.78, 5) is 16.0. The second-order valence-corrected chi connectivity index (χ2v) is 3.82. The van der Waals surface area contributed by atoms with Crippen molar-refractivity contribution in [3.8, 4) is 0 Å². The molecule has 0 aliphatic rings. The Balaban J connectivity index is 1.76. The smallest absolute Gasteiger partial charge is 0.321 e. The van der Waals surface area contributed by atoms with Gasteiger partial charge in [-0.25, -0.2) is 20.0 Å². The van der Waals surface area contributed by atoms with Crippen LogP contribution in [0, 0.1) is 0 Å². The van der Waals surface area contributed by atoms with Crippen LogP contribution >= 0.6 is 0 Å². The fraction of sp³-hybridized carbons (Fsp3) is 0. The van der Waals surface area contributed by atoms with Gasteiger partial charge in [-0.05, 0) is 17.2 Å². The van der Waals surface area contributed by atoms with Crippen LogP contribution in [-0.4, -0.2) is 22.4 Å². The molecule has 0 radical (unpaired) electrons. The van der Waals surface area contributed by atoms with E-state index in [1.807, 2.05) is 24.3 Å². The first-order valence-electron chi connectivity index (χ1n) is 5.87. The van der Waals surface area contributed by atoms with Crippen LogP contribution in [0.3, 0.4) is 0 Å². The molecule has 2 heterocycles. The molecule has 0 N–H and O–H groups in total. The molecule has 98 valence electrons. The van der Waals surface area contributed by atoms with Gasteiger partial charge in [-0.3, -0.25) is 0 Å². The number of aliphatic imine (C=N–C) groups is 2. The predicted molar refractivity (Wildman–Crippen MR) is 74.0 cm³/mol. The van der Waals surface area contributed by atoms with Crippen molar-refractivity contribution in [3.63, 3.8) is 0 Å². The van der Waals surface area contributed by atoms with Crippen molar-refractivity contribution in [2.45, 2.75) is 0 Å². The molecule has 0 spiro atoms. The quantitative estimate of drug-likeness (QED) is 0.679. The van der Waals surface area contributed by atoms with Gasteiger partial charge in [-0.2, -0.15) is 0 Å². The lowest BCUT2D eigenvalue weighted by Crippen LogP contribution is -1.85. The zero-order valence-corrected chi connectivity index (χ0v) is 10.4. The summed E-state index contributed by atoms with van der Waals surface area (Å²) in [5, 5.41) is 0. The topological polar surface area (TPSA) is 76.8 Å². The predicted octanol–water partition coefficient (Wildman–Crippen LogP) is 3.16. The Hall–Kier alpha value is -3.02. The fourth-order valence-corrected chi connectivity index (χ4v) is 1.54. The van der Waals surface area contributed by atoms with Crippen LogP contribution in [0.25, 0.3) is 0 Å². The first-order valence-corrected chi connectivity index (χ1v) is 5.87. The Bertz CT molecular complexity index is 656. The van der Waals surface area contributed by atoms with E-state index in [1.54, 1.807) is 24.8 Å². The molecule has 0 aliphatic heterocycles. The number of aromatic nitrogens is 2. The van der Waals surface area contributed by atoms with Crippen LogP contribution in [0.2, 0.25) is 0 Å². The monoisotopic (exact) mass is 266 g/mol. The van der Waals surface area contributed by atoms with E-state index in [9.17, 15) is 0 Å². The third-order valence-corrected chi connectivity index (χ3v) is 2.40. The SMILES string of the molecule is C(=Nc1ncco1)c1cccc(C=Nc2ncco2)c1. The van der Waals surface area contributed by atoms with Gasteiger partial charge in [0.1, 0.15) is 12.5 Å². The fourth-order valence-electron chi connectivity index (χ4n) is 1.54. The van der Waals surface area contributed by atoms with Gasteiger partial charge in [0.2, 0.25) is 0 Å². The Morgan fingerprint density at radius 3 is 1.85 bits per heavy atom. The minimum Gasteiger partial charge on any atom is -0.431 e. The third kappa shape index (κ3) is 3.05. The highest BCUT2D eigenvalue weighted by molar-refractivity contribution is 5.87. The molecule has 3 rings (SSSR count). The Kier molecular flexibility index (Phi) is 3.46. The Morgan fingerprint density at radius 1 is 0.850 bits per heavy atom. The van der Waals surface area contributed by atoms with Crippen molar-refractivity contribution >= 4 is 24.5 Å². The Labute approximate surface area is 114 Å². The molecule has 0 atom stereocenters. The number of oxazole rings is 2. The molecular weight excluding hydrogens is 256 g/mol. The molecule has 1 aromatic carbocycles. The molecule has 0 amide bonds. The molecular formula is C14H10N4O2. The largest absolute Gasteiger partial charge is 0.431 e. The zero-order chi connectivity index (χ0) is 13.6. The summed E-state index contributed by atoms with van der Waals surface area (Å²) in [6.07, 6.45) is 9.40. The number of nitrogens with zero attached hydrogens (tertiary/aromatic N) is 4. The number of hydrogen-bond acceptors (Lipinski definition) is 6. The zero-order valence-electron chi connectivity index (χ0n) is 10.4. The molecule has 0 unspecified atom stereocenters. The average Bonchev–Trinajstić information content (AvgIpc) is 3.17. The van der Waals surface area contributed by atoms with Gasteiger partial charge >= 0.3 is 12.0 Å². The average molecular weight is 266 g/mol. The van der Waals surface area contributed by atoms with E-state index >= 15 is 0 Å². The molecule has 6 nitrogen and oxygen atoms in total. The van der Waals surface area contributed by atoms with Crippen molar-refractivity contribution in [1.82, 2.24) is 9.97 Å². The van der Waals surface area contributed by atoms with Gasteiger partial charge in [0.15, 0.2) is 0 Å². The summed E-state index contributed by atoms with van der Waals surface area (Å²) < 4.78 is 10.1. The van der Waals surface area contributed by atoms with Crippen LogP contribution in [-0.2, 0) is 0 Å². The van der Waals surface area contributed by atoms with E-state index in [4.69, 9.17) is 8.83 Å². The molecule has 0 saturated heterocycles. The normalized spacial score (nSPS) is 11.6. The van der Waals surface area contributed by atoms with Gasteiger partial charge in [0, 0.05) is 12.4 Å². The van der Waals surface area contributed by atoms with Crippen LogP contribution in [0.4, 0.5) is 12.0 Å². The van der Waals surface area contributed by atoms with Crippen molar-refractivity contribution in [2.75, 3.05) is 0 Å². The third-order valence-electron chi connectivity index (χ3n) is 2.40. The van der Waals surface area contributed by atoms with Gasteiger partial charge in [-0.1, -0.05) is 18.2 Å². The first kappa shape index (κ1) is 12.0. The summed E-state index contributed by atoms with van der Waals surface area (Å²) in [5.74, 6) is 0. The lowest BCUT2D eigenvalue weighted by Gasteiger charge is -1.95. The molecule has 0 bridgehead atoms. The van der Waals surface area contributed by atoms with Gasteiger partial charge in [0.05, 0.1) is 12.4 Å². The second kappa shape index (κ2) is 5.75. The number of rotatable bonds is 4. The molecule has 3 aromatic rings. The number of benzene rings is 1. The first-order chi connectivity index (χ1) is 9.90. The van der Waals surface area contributed by atoms with Crippen LogP contribution in [0.15, 0.2) is 68.0 Å². The summed E-state index contributed by atoms with van der Waals surface area (Å²) in [5.41, 5.74) is 1.83. The van der Waals surface area contributed by atoms with Gasteiger partial charge < -0.3 is 8.83 Å². The van der Waals surface area contributed by atoms with Crippen molar-refractivity contribution in [3.05, 3.63) is 60.3 Å². The highest BCUT2D eigenvalue weighted by atomic mass is 16.4. The molecule has 0 saturated carbocycles. The summed E-state index contributed by atoms with van der Waals surface area (Å²) >= 11 is 0. The number of hydrogen-bond donors (Lipinski definition) is 0. The van der Waals surface area contributed by atoms with Gasteiger partial charge in [0.25, 0.3) is 0 Å². The van der Waals surface area contributed by atoms with Crippen molar-refractivity contribution in [1.29, 1.82) is 0 Å². The van der Waals surface area contributed by atoms with Crippen LogP contribution in [0.5, 0.6) is 0 Å². The summed E-state index contributed by atoms with van der Waals surface area (Å²) in [6.45, 7) is 0. The molecule has 6 heteroatoms. The maximum atomic E-state index is 5.03. The maximum absolute atomic E-state index is 5.03. The molecule has 2 aromatic heterocycles. The van der Waals surface area contributed by atoms with E-state index in [0.29, 0.717) is 12.0 Å². The maximum Gasteiger partial charge on any atom is 0.321 e. The van der Waals surface area contributed by atoms with E-state index < -0.39 is 0 Å². The minimum atomic E-state index is 0.323. The van der Waals surface area contributed by atoms with E-state index in [1.165, 1.54) is 12.5 Å². The van der Waals surface area contributed by atoms with Crippen molar-refractivity contribution in [2.24, 2.45) is 9.98 Å². The molecule has 0 fully saturated rings. The lowest BCUT2D eigenvalue weighted by atomic mass is 10.1. The molecule has 20 heavy (non-hydrogen) atoms. The van der Waals surface area contributed by atoms with Crippen LogP contribution in [0.1, 0.15) is 11.1 Å². The lowest BCUT2D eigenvalue weighted by molar-refractivity contribution is 0.570. The highest BCUT2D eigenvalue weighted by Gasteiger charge is 1.95. The second-order valence-electron chi connectivity index (χ2n) is 3.82. The van der Waals surface area contributed by atoms with Crippen molar-refractivity contribution < 1.29 is 8.83 Å². The molecule has 0 aliphatic carbocycles. The van der Waals surface area contributed by atoms with Crippen LogP contribution < -0.4 is 0 Å². The minimum absolute atomic E-state index is 0.323. The Morgan fingerprint density at radius 2 is 1.40 bits per heavy atom. The summed E-state index contributed by atoms with van der Waals surface area (Å²) in [6, 6.07) is 8.34. The van der Waals surface area contributed by atoms with E-state index in [2.05, 4.69) is 20.0 Å². The van der Waals surface area contributed by atoms with Gasteiger partial charge in [-0.15, -0.1) is 0 Å². The standard InChI is InChI=1S/C14H10N4O2/c1-2-11(9-17-13-15-4-6-19-13)8-12(3-1)10-18-14-16-5-7-20-14/h1-10H. The van der Waals surface area contributed by atoms with E-state index in [-0.39, 0.29) is 0 Å².